The van der Waals surface area contributed by atoms with Crippen molar-refractivity contribution in [2.45, 2.75) is 13.3 Å². The Hall–Kier alpha value is -0.730. The van der Waals surface area contributed by atoms with Crippen molar-refractivity contribution in [2.75, 3.05) is 66.1 Å². The summed E-state index contributed by atoms with van der Waals surface area (Å²) in [5.41, 5.74) is 0. The Balaban J connectivity index is 2.94. The topological polar surface area (TPSA) is 83.5 Å². The summed E-state index contributed by atoms with van der Waals surface area (Å²) in [7, 11) is 0. The fourth-order valence-corrected chi connectivity index (χ4v) is 1.18. The molecule has 1 N–H and O–H groups in total. The van der Waals surface area contributed by atoms with E-state index in [1.54, 1.807) is 0 Å². The number of carboxylic acid groups (broad SMARTS) is 1. The molecule has 0 aliphatic rings. The molecule has 0 aromatic carbocycles. The van der Waals surface area contributed by atoms with Gasteiger partial charge in [-0.15, -0.1) is 0 Å². The minimum Gasteiger partial charge on any atom is -0.481 e. The van der Waals surface area contributed by atoms with Gasteiger partial charge in [0.15, 0.2) is 0 Å². The predicted octanol–water partition coefficient (Wildman–Crippen LogP) is 0.564. The summed E-state index contributed by atoms with van der Waals surface area (Å²) in [4.78, 5) is 10.2. The lowest BCUT2D eigenvalue weighted by atomic mass is 10.5. The second-order valence-corrected chi connectivity index (χ2v) is 3.79. The van der Waals surface area contributed by atoms with Gasteiger partial charge >= 0.3 is 5.97 Å². The standard InChI is InChI=1S/C13H26O7/c1-2-16-5-6-18-9-10-20-12-11-19-8-7-17-4-3-13(14)15/h2-12H2,1H3,(H,14,15). The summed E-state index contributed by atoms with van der Waals surface area (Å²) < 4.78 is 26.0. The molecule has 0 saturated heterocycles. The average molecular weight is 294 g/mol. The Labute approximate surface area is 120 Å². The molecule has 0 radical (unpaired) electrons. The van der Waals surface area contributed by atoms with Gasteiger partial charge in [0.05, 0.1) is 65.9 Å². The van der Waals surface area contributed by atoms with Gasteiger partial charge in [-0.05, 0) is 6.92 Å². The number of carbonyl (C=O) groups is 1. The molecule has 7 nitrogen and oxygen atoms in total. The van der Waals surface area contributed by atoms with Crippen LogP contribution in [0.3, 0.4) is 0 Å². The Morgan fingerprint density at radius 1 is 0.700 bits per heavy atom. The van der Waals surface area contributed by atoms with Crippen molar-refractivity contribution in [2.24, 2.45) is 0 Å². The largest absolute Gasteiger partial charge is 0.481 e. The molecule has 0 heterocycles. The van der Waals surface area contributed by atoms with Crippen LogP contribution in [0.5, 0.6) is 0 Å². The van der Waals surface area contributed by atoms with Crippen molar-refractivity contribution >= 4 is 5.97 Å². The van der Waals surface area contributed by atoms with Gasteiger partial charge in [-0.25, -0.2) is 0 Å². The summed E-state index contributed by atoms with van der Waals surface area (Å²) in [5.74, 6) is -0.859. The first-order valence-corrected chi connectivity index (χ1v) is 6.88. The third-order valence-corrected chi connectivity index (χ3v) is 2.15. The fraction of sp³-hybridized carbons (Fsp3) is 0.923. The minimum atomic E-state index is -0.859. The van der Waals surface area contributed by atoms with E-state index in [4.69, 9.17) is 28.8 Å². The van der Waals surface area contributed by atoms with Crippen molar-refractivity contribution in [3.8, 4) is 0 Å². The highest BCUT2D eigenvalue weighted by molar-refractivity contribution is 5.66. The first kappa shape index (κ1) is 19.3. The highest BCUT2D eigenvalue weighted by Gasteiger charge is 1.96. The molecule has 0 amide bonds. The van der Waals surface area contributed by atoms with Crippen LogP contribution in [0.1, 0.15) is 13.3 Å². The van der Waals surface area contributed by atoms with E-state index in [0.717, 1.165) is 0 Å². The van der Waals surface area contributed by atoms with Crippen molar-refractivity contribution in [1.82, 2.24) is 0 Å². The van der Waals surface area contributed by atoms with Gasteiger partial charge in [0.1, 0.15) is 0 Å². The maximum absolute atomic E-state index is 10.2. The predicted molar refractivity (Wildman–Crippen MR) is 72.0 cm³/mol. The third kappa shape index (κ3) is 17.3. The monoisotopic (exact) mass is 294 g/mol. The van der Waals surface area contributed by atoms with Gasteiger partial charge < -0.3 is 28.8 Å². The van der Waals surface area contributed by atoms with Crippen LogP contribution in [0.15, 0.2) is 0 Å². The molecule has 0 fully saturated rings. The first-order chi connectivity index (χ1) is 9.77. The Morgan fingerprint density at radius 3 is 1.40 bits per heavy atom. The van der Waals surface area contributed by atoms with Gasteiger partial charge in [0.25, 0.3) is 0 Å². The van der Waals surface area contributed by atoms with Gasteiger partial charge in [-0.3, -0.25) is 4.79 Å². The fourth-order valence-electron chi connectivity index (χ4n) is 1.18. The zero-order chi connectivity index (χ0) is 14.9. The molecule has 20 heavy (non-hydrogen) atoms. The molecule has 7 heteroatoms. The molecule has 120 valence electrons. The summed E-state index contributed by atoms with van der Waals surface area (Å²) >= 11 is 0. The number of hydrogen-bond acceptors (Lipinski definition) is 6. The molecule has 0 aromatic rings. The summed E-state index contributed by atoms with van der Waals surface area (Å²) in [6.07, 6.45) is 0.0202. The zero-order valence-electron chi connectivity index (χ0n) is 12.2. The van der Waals surface area contributed by atoms with Crippen molar-refractivity contribution in [1.29, 1.82) is 0 Å². The first-order valence-electron chi connectivity index (χ1n) is 6.88. The third-order valence-electron chi connectivity index (χ3n) is 2.15. The highest BCUT2D eigenvalue weighted by Crippen LogP contribution is 1.85. The van der Waals surface area contributed by atoms with Crippen LogP contribution in [-0.4, -0.2) is 77.1 Å². The van der Waals surface area contributed by atoms with Crippen molar-refractivity contribution in [3.63, 3.8) is 0 Å². The average Bonchev–Trinajstić information content (AvgIpc) is 2.43. The number of hydrogen-bond donors (Lipinski definition) is 1. The van der Waals surface area contributed by atoms with Crippen LogP contribution in [0.4, 0.5) is 0 Å². The van der Waals surface area contributed by atoms with E-state index in [1.807, 2.05) is 6.92 Å². The van der Waals surface area contributed by atoms with Gasteiger partial charge in [0.2, 0.25) is 0 Å². The summed E-state index contributed by atoms with van der Waals surface area (Å²) in [5, 5.41) is 8.37. The smallest absolute Gasteiger partial charge is 0.305 e. The minimum absolute atomic E-state index is 0.0202. The Bertz CT molecular complexity index is 211. The van der Waals surface area contributed by atoms with E-state index >= 15 is 0 Å². The van der Waals surface area contributed by atoms with Gasteiger partial charge in [-0.2, -0.15) is 0 Å². The van der Waals surface area contributed by atoms with Gasteiger partial charge in [-0.1, -0.05) is 0 Å². The molecule has 0 aliphatic heterocycles. The quantitative estimate of drug-likeness (QED) is 0.416. The molecule has 0 bridgehead atoms. The maximum Gasteiger partial charge on any atom is 0.305 e. The molecule has 0 spiro atoms. The van der Waals surface area contributed by atoms with Crippen LogP contribution in [-0.2, 0) is 28.5 Å². The van der Waals surface area contributed by atoms with E-state index in [-0.39, 0.29) is 13.0 Å². The van der Waals surface area contributed by atoms with Crippen LogP contribution >= 0.6 is 0 Å². The Kier molecular flexibility index (Phi) is 15.7. The number of ether oxygens (including phenoxy) is 5. The van der Waals surface area contributed by atoms with E-state index in [0.29, 0.717) is 59.5 Å². The lowest BCUT2D eigenvalue weighted by Gasteiger charge is -2.07. The van der Waals surface area contributed by atoms with E-state index < -0.39 is 5.97 Å². The van der Waals surface area contributed by atoms with Crippen molar-refractivity contribution in [3.05, 3.63) is 0 Å². The van der Waals surface area contributed by atoms with Crippen LogP contribution in [0, 0.1) is 0 Å². The number of aliphatic carboxylic acids is 1. The van der Waals surface area contributed by atoms with Crippen LogP contribution in [0.25, 0.3) is 0 Å². The molecule has 0 unspecified atom stereocenters. The summed E-state index contributed by atoms with van der Waals surface area (Å²) in [6, 6.07) is 0. The molecular weight excluding hydrogens is 268 g/mol. The number of rotatable bonds is 16. The molecule has 0 aliphatic carbocycles. The second kappa shape index (κ2) is 16.3. The second-order valence-electron chi connectivity index (χ2n) is 3.79. The van der Waals surface area contributed by atoms with Gasteiger partial charge in [0, 0.05) is 6.61 Å². The molecular formula is C13H26O7. The Morgan fingerprint density at radius 2 is 1.05 bits per heavy atom. The maximum atomic E-state index is 10.2. The van der Waals surface area contributed by atoms with E-state index in [2.05, 4.69) is 0 Å². The normalized spacial score (nSPS) is 10.8. The molecule has 0 aromatic heterocycles. The van der Waals surface area contributed by atoms with Crippen LogP contribution < -0.4 is 0 Å². The molecule has 0 saturated carbocycles. The lowest BCUT2D eigenvalue weighted by molar-refractivity contribution is -0.138. The lowest BCUT2D eigenvalue weighted by Crippen LogP contribution is -2.13. The van der Waals surface area contributed by atoms with E-state index in [9.17, 15) is 4.79 Å². The SMILES string of the molecule is CCOCCOCCOCCOCCOCCC(=O)O. The van der Waals surface area contributed by atoms with Crippen LogP contribution in [0.2, 0.25) is 0 Å². The number of carboxylic acids is 1. The molecule has 0 rings (SSSR count). The molecule has 0 atom stereocenters. The van der Waals surface area contributed by atoms with Crippen molar-refractivity contribution < 1.29 is 33.6 Å². The van der Waals surface area contributed by atoms with E-state index in [1.165, 1.54) is 0 Å². The highest BCUT2D eigenvalue weighted by atomic mass is 16.6. The summed E-state index contributed by atoms with van der Waals surface area (Å²) in [6.45, 7) is 6.97. The zero-order valence-corrected chi connectivity index (χ0v) is 12.2.